The number of hydrogen-bond acceptors (Lipinski definition) is 5. The Kier molecular flexibility index (Phi) is 5.78. The Balaban J connectivity index is 1.46. The number of aryl methyl sites for hydroxylation is 1. The van der Waals surface area contributed by atoms with Crippen LogP contribution in [0.1, 0.15) is 40.6 Å². The van der Waals surface area contributed by atoms with E-state index in [1.165, 1.54) is 23.4 Å². The van der Waals surface area contributed by atoms with Gasteiger partial charge in [-0.1, -0.05) is 24.3 Å². The Labute approximate surface area is 217 Å². The smallest absolute Gasteiger partial charge is 0.273 e. The van der Waals surface area contributed by atoms with Crippen LogP contribution in [-0.2, 0) is 13.0 Å². The maximum absolute atomic E-state index is 16.0. The molecule has 1 aliphatic heterocycles. The standard InChI is InChI=1S/C29H25F2N5O2/c1-35(2)29(38)24-12-18-10-17(7-5-9-36(18)34-24)27-22-14-23(30)25(26(31)28(22)33-15-32-27)21-13-19(37)11-16-6-3-4-8-20(16)21/h3-4,6,8,11-15,17,37H,5,7,9-10H2,1-2H3. The van der Waals surface area contributed by atoms with Gasteiger partial charge in [0.25, 0.3) is 5.91 Å². The first kappa shape index (κ1) is 24.0. The quantitative estimate of drug-likeness (QED) is 0.347. The molecule has 3 aromatic carbocycles. The Morgan fingerprint density at radius 3 is 2.71 bits per heavy atom. The van der Waals surface area contributed by atoms with Crippen LogP contribution in [0.4, 0.5) is 8.78 Å². The molecule has 6 rings (SSSR count). The molecule has 0 bridgehead atoms. The molecule has 192 valence electrons. The van der Waals surface area contributed by atoms with E-state index < -0.39 is 11.6 Å². The van der Waals surface area contributed by atoms with E-state index in [4.69, 9.17) is 0 Å². The molecule has 0 aliphatic carbocycles. The van der Waals surface area contributed by atoms with Crippen molar-refractivity contribution in [2.75, 3.05) is 14.1 Å². The topological polar surface area (TPSA) is 84.1 Å². The molecule has 1 amide bonds. The van der Waals surface area contributed by atoms with Crippen molar-refractivity contribution in [2.24, 2.45) is 0 Å². The van der Waals surface area contributed by atoms with E-state index in [1.54, 1.807) is 50.5 Å². The van der Waals surface area contributed by atoms with Gasteiger partial charge in [0.2, 0.25) is 0 Å². The van der Waals surface area contributed by atoms with Crippen LogP contribution in [0.5, 0.6) is 5.75 Å². The zero-order valence-corrected chi connectivity index (χ0v) is 20.9. The van der Waals surface area contributed by atoms with Gasteiger partial charge in [-0.2, -0.15) is 5.10 Å². The third kappa shape index (κ3) is 3.95. The molecule has 38 heavy (non-hydrogen) atoms. The van der Waals surface area contributed by atoms with E-state index in [1.807, 2.05) is 4.68 Å². The van der Waals surface area contributed by atoms with Gasteiger partial charge in [0.1, 0.15) is 23.4 Å². The van der Waals surface area contributed by atoms with E-state index in [9.17, 15) is 9.90 Å². The summed E-state index contributed by atoms with van der Waals surface area (Å²) in [6, 6.07) is 13.2. The second-order valence-corrected chi connectivity index (χ2v) is 9.90. The third-order valence-corrected chi connectivity index (χ3v) is 7.22. The van der Waals surface area contributed by atoms with Crippen molar-refractivity contribution >= 4 is 27.6 Å². The number of aromatic nitrogens is 4. The lowest BCUT2D eigenvalue weighted by Crippen LogP contribution is -2.22. The Morgan fingerprint density at radius 2 is 1.89 bits per heavy atom. The van der Waals surface area contributed by atoms with Gasteiger partial charge in [-0.25, -0.2) is 18.7 Å². The van der Waals surface area contributed by atoms with Crippen LogP contribution >= 0.6 is 0 Å². The molecule has 0 fully saturated rings. The summed E-state index contributed by atoms with van der Waals surface area (Å²) in [5, 5.41) is 16.3. The summed E-state index contributed by atoms with van der Waals surface area (Å²) >= 11 is 0. The van der Waals surface area contributed by atoms with Crippen LogP contribution in [0.15, 0.2) is 54.9 Å². The minimum absolute atomic E-state index is 0.0278. The lowest BCUT2D eigenvalue weighted by molar-refractivity contribution is 0.0821. The summed E-state index contributed by atoms with van der Waals surface area (Å²) in [6.07, 6.45) is 3.36. The molecule has 1 N–H and O–H groups in total. The highest BCUT2D eigenvalue weighted by Crippen LogP contribution is 2.40. The third-order valence-electron chi connectivity index (χ3n) is 7.22. The molecule has 1 aliphatic rings. The summed E-state index contributed by atoms with van der Waals surface area (Å²) in [6.45, 7) is 0.646. The van der Waals surface area contributed by atoms with Gasteiger partial charge < -0.3 is 10.0 Å². The van der Waals surface area contributed by atoms with E-state index in [2.05, 4.69) is 15.1 Å². The molecular formula is C29H25F2N5O2. The van der Waals surface area contributed by atoms with E-state index >= 15 is 8.78 Å². The summed E-state index contributed by atoms with van der Waals surface area (Å²) in [7, 11) is 3.36. The number of hydrogen-bond donors (Lipinski definition) is 1. The first-order valence-corrected chi connectivity index (χ1v) is 12.4. The van der Waals surface area contributed by atoms with Crippen LogP contribution < -0.4 is 0 Å². The number of halogens is 2. The second kappa shape index (κ2) is 9.16. The largest absolute Gasteiger partial charge is 0.508 e. The molecule has 1 unspecified atom stereocenters. The monoisotopic (exact) mass is 513 g/mol. The first-order valence-electron chi connectivity index (χ1n) is 12.4. The molecular weight excluding hydrogens is 488 g/mol. The minimum atomic E-state index is -0.795. The molecule has 7 nitrogen and oxygen atoms in total. The second-order valence-electron chi connectivity index (χ2n) is 9.90. The highest BCUT2D eigenvalue weighted by molar-refractivity contribution is 6.00. The number of phenols is 1. The normalized spacial score (nSPS) is 15.4. The lowest BCUT2D eigenvalue weighted by Gasteiger charge is -2.17. The average molecular weight is 514 g/mol. The molecule has 0 spiro atoms. The van der Waals surface area contributed by atoms with Gasteiger partial charge in [0.15, 0.2) is 11.5 Å². The zero-order valence-electron chi connectivity index (χ0n) is 20.9. The molecule has 0 radical (unpaired) electrons. The van der Waals surface area contributed by atoms with Gasteiger partial charge in [0, 0.05) is 37.6 Å². The number of rotatable bonds is 3. The molecule has 1 atom stereocenters. The molecule has 2 aromatic heterocycles. The van der Waals surface area contributed by atoms with Gasteiger partial charge in [0.05, 0.1) is 11.3 Å². The van der Waals surface area contributed by atoms with Crippen LogP contribution in [0.2, 0.25) is 0 Å². The molecule has 3 heterocycles. The zero-order chi connectivity index (χ0) is 26.6. The number of amides is 1. The fourth-order valence-corrected chi connectivity index (χ4v) is 5.44. The summed E-state index contributed by atoms with van der Waals surface area (Å²) in [5.74, 6) is -1.93. The maximum atomic E-state index is 16.0. The summed E-state index contributed by atoms with van der Waals surface area (Å²) in [4.78, 5) is 22.6. The Hall–Kier alpha value is -4.40. The van der Waals surface area contributed by atoms with E-state index in [-0.39, 0.29) is 34.2 Å². The number of phenolic OH excluding ortho intramolecular Hbond substituents is 1. The molecule has 0 saturated carbocycles. The SMILES string of the molecule is CN(C)C(=O)c1cc2n(n1)CCCC(c1ncnc3c(F)c(-c4cc(O)cc5ccccc45)c(F)cc13)C2. The van der Waals surface area contributed by atoms with Gasteiger partial charge >= 0.3 is 0 Å². The van der Waals surface area contributed by atoms with Crippen molar-refractivity contribution in [1.29, 1.82) is 0 Å². The number of fused-ring (bicyclic) bond motifs is 3. The van der Waals surface area contributed by atoms with Crippen LogP contribution in [0.25, 0.3) is 32.8 Å². The summed E-state index contributed by atoms with van der Waals surface area (Å²) in [5.41, 5.74) is 1.87. The van der Waals surface area contributed by atoms with Crippen LogP contribution in [0, 0.1) is 11.6 Å². The fourth-order valence-electron chi connectivity index (χ4n) is 5.44. The van der Waals surface area contributed by atoms with Gasteiger partial charge in [-0.05, 0) is 59.9 Å². The van der Waals surface area contributed by atoms with Crippen molar-refractivity contribution in [1.82, 2.24) is 24.6 Å². The summed E-state index contributed by atoms with van der Waals surface area (Å²) < 4.78 is 33.6. The van der Waals surface area contributed by atoms with Crippen molar-refractivity contribution < 1.29 is 18.7 Å². The van der Waals surface area contributed by atoms with Gasteiger partial charge in [-0.15, -0.1) is 0 Å². The van der Waals surface area contributed by atoms with Crippen molar-refractivity contribution in [3.05, 3.63) is 83.6 Å². The number of carbonyl (C=O) groups excluding carboxylic acids is 1. The average Bonchev–Trinajstić information content (AvgIpc) is 3.19. The maximum Gasteiger partial charge on any atom is 0.273 e. The molecule has 0 saturated heterocycles. The highest BCUT2D eigenvalue weighted by atomic mass is 19.1. The number of benzene rings is 3. The van der Waals surface area contributed by atoms with E-state index in [0.29, 0.717) is 40.5 Å². The minimum Gasteiger partial charge on any atom is -0.508 e. The Morgan fingerprint density at radius 1 is 1.08 bits per heavy atom. The highest BCUT2D eigenvalue weighted by Gasteiger charge is 2.27. The lowest BCUT2D eigenvalue weighted by atomic mass is 9.90. The van der Waals surface area contributed by atoms with Crippen molar-refractivity contribution in [2.45, 2.75) is 31.7 Å². The van der Waals surface area contributed by atoms with Crippen molar-refractivity contribution in [3.63, 3.8) is 0 Å². The predicted molar refractivity (Wildman–Crippen MR) is 140 cm³/mol. The van der Waals surface area contributed by atoms with Crippen LogP contribution in [0.3, 0.4) is 0 Å². The predicted octanol–water partition coefficient (Wildman–Crippen LogP) is 5.45. The first-order chi connectivity index (χ1) is 18.3. The van der Waals surface area contributed by atoms with Gasteiger partial charge in [-0.3, -0.25) is 9.48 Å². The molecule has 5 aromatic rings. The fraction of sp³-hybridized carbons (Fsp3) is 0.241. The number of carbonyl (C=O) groups is 1. The van der Waals surface area contributed by atoms with Crippen LogP contribution in [-0.4, -0.2) is 49.8 Å². The number of nitrogens with zero attached hydrogens (tertiary/aromatic N) is 5. The Bertz CT molecular complexity index is 1730. The number of aromatic hydroxyl groups is 1. The van der Waals surface area contributed by atoms with Crippen molar-refractivity contribution in [3.8, 4) is 16.9 Å². The molecule has 9 heteroatoms. The van der Waals surface area contributed by atoms with E-state index in [0.717, 1.165) is 18.5 Å².